The standard InChI is InChI=1S/C10H10ClFO2S/c11-15(13,14)9-4-2-1-3-8(9)7-10(12)5-6-10/h1-4H,5-7H2. The molecular formula is C10H10ClFO2S. The van der Waals surface area contributed by atoms with Crippen LogP contribution < -0.4 is 0 Å². The van der Waals surface area contributed by atoms with E-state index in [-0.39, 0.29) is 11.3 Å². The lowest BCUT2D eigenvalue weighted by molar-refractivity contribution is 0.306. The SMILES string of the molecule is O=S(=O)(Cl)c1ccccc1CC1(F)CC1. The highest BCUT2D eigenvalue weighted by atomic mass is 35.7. The van der Waals surface area contributed by atoms with E-state index in [0.717, 1.165) is 0 Å². The fourth-order valence-electron chi connectivity index (χ4n) is 1.54. The number of hydrogen-bond donors (Lipinski definition) is 0. The molecule has 0 heterocycles. The van der Waals surface area contributed by atoms with Crippen molar-refractivity contribution in [3.8, 4) is 0 Å². The fraction of sp³-hybridized carbons (Fsp3) is 0.400. The molecule has 0 unspecified atom stereocenters. The molecule has 1 saturated carbocycles. The summed E-state index contributed by atoms with van der Waals surface area (Å²) in [5.41, 5.74) is -0.745. The van der Waals surface area contributed by atoms with Crippen LogP contribution in [0.4, 0.5) is 4.39 Å². The average Bonchev–Trinajstić information content (AvgIpc) is 2.82. The maximum absolute atomic E-state index is 13.5. The second-order valence-electron chi connectivity index (χ2n) is 3.87. The molecule has 0 N–H and O–H groups in total. The molecule has 2 nitrogen and oxygen atoms in total. The summed E-state index contributed by atoms with van der Waals surface area (Å²) in [5, 5.41) is 0. The Hall–Kier alpha value is -0.610. The van der Waals surface area contributed by atoms with Crippen LogP contribution in [0, 0.1) is 0 Å². The van der Waals surface area contributed by atoms with Crippen LogP contribution in [-0.2, 0) is 15.5 Å². The quantitative estimate of drug-likeness (QED) is 0.771. The summed E-state index contributed by atoms with van der Waals surface area (Å²) in [6.07, 6.45) is 1.14. The minimum atomic E-state index is -3.77. The first-order valence-corrected chi connectivity index (χ1v) is 6.93. The zero-order valence-electron chi connectivity index (χ0n) is 7.91. The Morgan fingerprint density at radius 3 is 2.47 bits per heavy atom. The second kappa shape index (κ2) is 3.46. The minimum absolute atomic E-state index is 0.0237. The molecule has 0 atom stereocenters. The van der Waals surface area contributed by atoms with Crippen LogP contribution >= 0.6 is 10.7 Å². The van der Waals surface area contributed by atoms with E-state index in [9.17, 15) is 12.8 Å². The smallest absolute Gasteiger partial charge is 0.244 e. The predicted molar refractivity (Wildman–Crippen MR) is 56.3 cm³/mol. The van der Waals surface area contributed by atoms with Crippen LogP contribution in [0.2, 0.25) is 0 Å². The van der Waals surface area contributed by atoms with Gasteiger partial charge in [0.25, 0.3) is 9.05 Å². The number of benzene rings is 1. The molecule has 15 heavy (non-hydrogen) atoms. The predicted octanol–water partition coefficient (Wildman–Crippen LogP) is 2.66. The van der Waals surface area contributed by atoms with Crippen LogP contribution in [0.15, 0.2) is 29.2 Å². The third-order valence-electron chi connectivity index (χ3n) is 2.54. The Balaban J connectivity index is 2.38. The third-order valence-corrected chi connectivity index (χ3v) is 3.96. The monoisotopic (exact) mass is 248 g/mol. The van der Waals surface area contributed by atoms with Gasteiger partial charge in [-0.15, -0.1) is 0 Å². The molecule has 1 fully saturated rings. The zero-order valence-corrected chi connectivity index (χ0v) is 9.48. The van der Waals surface area contributed by atoms with Crippen molar-refractivity contribution in [1.82, 2.24) is 0 Å². The Labute approximate surface area is 92.5 Å². The molecule has 5 heteroatoms. The van der Waals surface area contributed by atoms with Gasteiger partial charge in [0, 0.05) is 17.1 Å². The number of alkyl halides is 1. The highest BCUT2D eigenvalue weighted by molar-refractivity contribution is 8.13. The van der Waals surface area contributed by atoms with E-state index in [1.165, 1.54) is 6.07 Å². The molecule has 0 amide bonds. The van der Waals surface area contributed by atoms with Gasteiger partial charge in [0.15, 0.2) is 0 Å². The molecule has 82 valence electrons. The molecule has 0 saturated heterocycles. The van der Waals surface area contributed by atoms with Gasteiger partial charge in [0.1, 0.15) is 5.67 Å². The van der Waals surface area contributed by atoms with Crippen molar-refractivity contribution in [2.24, 2.45) is 0 Å². The van der Waals surface area contributed by atoms with Crippen LogP contribution in [0.1, 0.15) is 18.4 Å². The summed E-state index contributed by atoms with van der Waals surface area (Å²) in [4.78, 5) is 0.0237. The molecule has 0 bridgehead atoms. The number of halogens is 2. The molecule has 1 aliphatic carbocycles. The molecule has 2 rings (SSSR count). The van der Waals surface area contributed by atoms with E-state index in [0.29, 0.717) is 18.4 Å². The summed E-state index contributed by atoms with van der Waals surface area (Å²) in [5.74, 6) is 0. The Bertz CT molecular complexity index is 480. The maximum atomic E-state index is 13.5. The van der Waals surface area contributed by atoms with E-state index >= 15 is 0 Å². The lowest BCUT2D eigenvalue weighted by Crippen LogP contribution is -2.08. The van der Waals surface area contributed by atoms with Crippen molar-refractivity contribution in [2.75, 3.05) is 0 Å². The number of hydrogen-bond acceptors (Lipinski definition) is 2. The summed E-state index contributed by atoms with van der Waals surface area (Å²) in [6.45, 7) is 0. The van der Waals surface area contributed by atoms with Gasteiger partial charge in [-0.2, -0.15) is 0 Å². The topological polar surface area (TPSA) is 34.1 Å². The number of rotatable bonds is 3. The van der Waals surface area contributed by atoms with E-state index in [2.05, 4.69) is 0 Å². The van der Waals surface area contributed by atoms with Gasteiger partial charge in [0.2, 0.25) is 0 Å². The Kier molecular flexibility index (Phi) is 2.51. The molecule has 1 aromatic carbocycles. The van der Waals surface area contributed by atoms with Gasteiger partial charge >= 0.3 is 0 Å². The summed E-state index contributed by atoms with van der Waals surface area (Å²) in [6, 6.07) is 6.28. The summed E-state index contributed by atoms with van der Waals surface area (Å²) < 4.78 is 35.9. The molecule has 1 aromatic rings. The van der Waals surface area contributed by atoms with Crippen LogP contribution in [0.3, 0.4) is 0 Å². The van der Waals surface area contributed by atoms with Crippen molar-refractivity contribution in [3.63, 3.8) is 0 Å². The minimum Gasteiger partial charge on any atom is -0.244 e. The highest BCUT2D eigenvalue weighted by Crippen LogP contribution is 2.43. The zero-order chi connectivity index (χ0) is 11.1. The van der Waals surface area contributed by atoms with Gasteiger partial charge in [-0.3, -0.25) is 0 Å². The van der Waals surface area contributed by atoms with Gasteiger partial charge in [-0.1, -0.05) is 18.2 Å². The van der Waals surface area contributed by atoms with Gasteiger partial charge in [-0.05, 0) is 24.5 Å². The summed E-state index contributed by atoms with van der Waals surface area (Å²) >= 11 is 0. The van der Waals surface area contributed by atoms with Crippen molar-refractivity contribution in [3.05, 3.63) is 29.8 Å². The molecular weight excluding hydrogens is 239 g/mol. The van der Waals surface area contributed by atoms with Gasteiger partial charge < -0.3 is 0 Å². The lowest BCUT2D eigenvalue weighted by Gasteiger charge is -2.08. The third kappa shape index (κ3) is 2.49. The first-order chi connectivity index (χ1) is 6.91. The fourth-order valence-corrected chi connectivity index (χ4v) is 2.69. The lowest BCUT2D eigenvalue weighted by atomic mass is 10.1. The van der Waals surface area contributed by atoms with Crippen LogP contribution in [0.25, 0.3) is 0 Å². The van der Waals surface area contributed by atoms with Gasteiger partial charge in [-0.25, -0.2) is 12.8 Å². The molecule has 0 spiro atoms. The Morgan fingerprint density at radius 2 is 1.93 bits per heavy atom. The highest BCUT2D eigenvalue weighted by Gasteiger charge is 2.43. The first-order valence-electron chi connectivity index (χ1n) is 4.62. The first kappa shape index (κ1) is 10.9. The van der Waals surface area contributed by atoms with E-state index in [1.807, 2.05) is 0 Å². The van der Waals surface area contributed by atoms with Crippen molar-refractivity contribution >= 4 is 19.7 Å². The van der Waals surface area contributed by atoms with Crippen LogP contribution in [0.5, 0.6) is 0 Å². The Morgan fingerprint density at radius 1 is 1.33 bits per heavy atom. The van der Waals surface area contributed by atoms with E-state index < -0.39 is 14.7 Å². The largest absolute Gasteiger partial charge is 0.261 e. The maximum Gasteiger partial charge on any atom is 0.261 e. The molecule has 0 aliphatic heterocycles. The second-order valence-corrected chi connectivity index (χ2v) is 6.41. The molecule has 1 aliphatic rings. The van der Waals surface area contributed by atoms with E-state index in [4.69, 9.17) is 10.7 Å². The van der Waals surface area contributed by atoms with Crippen molar-refractivity contribution < 1.29 is 12.8 Å². The van der Waals surface area contributed by atoms with Crippen molar-refractivity contribution in [2.45, 2.75) is 29.8 Å². The molecule has 0 radical (unpaired) electrons. The summed E-state index contributed by atoms with van der Waals surface area (Å²) in [7, 11) is 1.49. The van der Waals surface area contributed by atoms with Crippen LogP contribution in [-0.4, -0.2) is 14.1 Å². The van der Waals surface area contributed by atoms with Gasteiger partial charge in [0.05, 0.1) is 4.90 Å². The normalized spacial score (nSPS) is 18.8. The van der Waals surface area contributed by atoms with Crippen molar-refractivity contribution in [1.29, 1.82) is 0 Å². The average molecular weight is 249 g/mol. The van der Waals surface area contributed by atoms with E-state index in [1.54, 1.807) is 18.2 Å². The molecule has 0 aromatic heterocycles.